The third-order valence-corrected chi connectivity index (χ3v) is 3.96. The summed E-state index contributed by atoms with van der Waals surface area (Å²) in [5, 5.41) is 0. The Kier molecular flexibility index (Phi) is 5.05. The summed E-state index contributed by atoms with van der Waals surface area (Å²) < 4.78 is 17.2. The molecule has 0 aromatic rings. The molecule has 1 unspecified atom stereocenters. The van der Waals surface area contributed by atoms with Gasteiger partial charge in [0, 0.05) is 0 Å². The zero-order valence-electron chi connectivity index (χ0n) is 10.7. The molecule has 0 fully saturated rings. The van der Waals surface area contributed by atoms with Gasteiger partial charge in [0.1, 0.15) is 11.3 Å². The summed E-state index contributed by atoms with van der Waals surface area (Å²) in [6.45, 7) is 10.7. The number of hydrogen-bond donors (Lipinski definition) is 0. The van der Waals surface area contributed by atoms with Crippen molar-refractivity contribution in [3.8, 4) is 0 Å². The number of ether oxygens (including phenoxy) is 1. The minimum Gasteiger partial charge on any atom is -0.459 e. The fourth-order valence-corrected chi connectivity index (χ4v) is 2.77. The van der Waals surface area contributed by atoms with E-state index in [2.05, 4.69) is 0 Å². The summed E-state index contributed by atoms with van der Waals surface area (Å²) in [4.78, 5) is 11.8. The second-order valence-electron chi connectivity index (χ2n) is 5.27. The first kappa shape index (κ1) is 14.7. The standard InChI is InChI=1S/C11H23O3P/c1-7-8-9(15(5,6)13)10(12)14-11(2,3)4/h9H,7-8H2,1-6H3. The van der Waals surface area contributed by atoms with Gasteiger partial charge in [-0.15, -0.1) is 0 Å². The molecule has 0 saturated heterocycles. The highest BCUT2D eigenvalue weighted by atomic mass is 31.2. The summed E-state index contributed by atoms with van der Waals surface area (Å²) in [6.07, 6.45) is 1.48. The van der Waals surface area contributed by atoms with Crippen LogP contribution < -0.4 is 0 Å². The van der Waals surface area contributed by atoms with E-state index in [4.69, 9.17) is 4.74 Å². The highest BCUT2D eigenvalue weighted by molar-refractivity contribution is 7.64. The molecule has 0 aliphatic heterocycles. The zero-order valence-corrected chi connectivity index (χ0v) is 11.6. The monoisotopic (exact) mass is 234 g/mol. The molecule has 3 nitrogen and oxygen atoms in total. The van der Waals surface area contributed by atoms with E-state index >= 15 is 0 Å². The number of hydrogen-bond acceptors (Lipinski definition) is 3. The lowest BCUT2D eigenvalue weighted by molar-refractivity contribution is -0.154. The van der Waals surface area contributed by atoms with E-state index in [1.807, 2.05) is 27.7 Å². The maximum Gasteiger partial charge on any atom is 0.316 e. The normalized spacial score (nSPS) is 14.8. The zero-order chi connectivity index (χ0) is 12.3. The number of esters is 1. The van der Waals surface area contributed by atoms with Crippen LogP contribution in [0, 0.1) is 0 Å². The van der Waals surface area contributed by atoms with Crippen molar-refractivity contribution in [2.45, 2.75) is 51.8 Å². The Balaban J connectivity index is 4.66. The molecule has 0 saturated carbocycles. The molecule has 0 rings (SSSR count). The van der Waals surface area contributed by atoms with E-state index in [1.165, 1.54) is 0 Å². The molecule has 0 bridgehead atoms. The van der Waals surface area contributed by atoms with Crippen LogP contribution in [0.15, 0.2) is 0 Å². The lowest BCUT2D eigenvalue weighted by Crippen LogP contribution is -2.31. The van der Waals surface area contributed by atoms with E-state index in [1.54, 1.807) is 13.3 Å². The number of carbonyl (C=O) groups is 1. The van der Waals surface area contributed by atoms with E-state index in [0.717, 1.165) is 6.42 Å². The number of carbonyl (C=O) groups excluding carboxylic acids is 1. The second-order valence-corrected chi connectivity index (χ2v) is 8.76. The smallest absolute Gasteiger partial charge is 0.316 e. The van der Waals surface area contributed by atoms with Crippen LogP contribution in [0.4, 0.5) is 0 Å². The average molecular weight is 234 g/mol. The van der Waals surface area contributed by atoms with Crippen molar-refractivity contribution in [3.05, 3.63) is 0 Å². The quantitative estimate of drug-likeness (QED) is 0.554. The Hall–Kier alpha value is -0.300. The van der Waals surface area contributed by atoms with Gasteiger partial charge in [-0.25, -0.2) is 0 Å². The summed E-state index contributed by atoms with van der Waals surface area (Å²) in [7, 11) is -2.41. The van der Waals surface area contributed by atoms with Gasteiger partial charge in [0.2, 0.25) is 0 Å². The molecule has 0 radical (unpaired) electrons. The molecule has 0 aliphatic rings. The Morgan fingerprint density at radius 3 is 2.07 bits per heavy atom. The van der Waals surface area contributed by atoms with Crippen LogP contribution >= 0.6 is 7.14 Å². The Bertz CT molecular complexity index is 259. The molecule has 0 N–H and O–H groups in total. The fourth-order valence-electron chi connectivity index (χ4n) is 1.33. The van der Waals surface area contributed by atoms with Crippen molar-refractivity contribution < 1.29 is 14.1 Å². The van der Waals surface area contributed by atoms with E-state index in [0.29, 0.717) is 6.42 Å². The Morgan fingerprint density at radius 1 is 1.33 bits per heavy atom. The van der Waals surface area contributed by atoms with Crippen molar-refractivity contribution in [1.82, 2.24) is 0 Å². The van der Waals surface area contributed by atoms with Crippen molar-refractivity contribution >= 4 is 13.1 Å². The molecule has 90 valence electrons. The van der Waals surface area contributed by atoms with Crippen LogP contribution in [-0.4, -0.2) is 30.6 Å². The first-order chi connectivity index (χ1) is 6.58. The van der Waals surface area contributed by atoms with E-state index in [-0.39, 0.29) is 5.97 Å². The van der Waals surface area contributed by atoms with Gasteiger partial charge in [-0.2, -0.15) is 0 Å². The van der Waals surface area contributed by atoms with Crippen LogP contribution in [0.5, 0.6) is 0 Å². The molecule has 0 heterocycles. The molecule has 15 heavy (non-hydrogen) atoms. The third kappa shape index (κ3) is 5.99. The SMILES string of the molecule is CCCC(C(=O)OC(C)(C)C)P(C)(C)=O. The van der Waals surface area contributed by atoms with Gasteiger partial charge in [0.15, 0.2) is 0 Å². The van der Waals surface area contributed by atoms with Crippen molar-refractivity contribution in [2.24, 2.45) is 0 Å². The highest BCUT2D eigenvalue weighted by Crippen LogP contribution is 2.45. The summed E-state index contributed by atoms with van der Waals surface area (Å²) in [5.41, 5.74) is -0.945. The molecular formula is C11H23O3P. The van der Waals surface area contributed by atoms with Crippen molar-refractivity contribution in [2.75, 3.05) is 13.3 Å². The first-order valence-corrected chi connectivity index (χ1v) is 8.02. The van der Waals surface area contributed by atoms with Gasteiger partial charge in [-0.1, -0.05) is 13.3 Å². The molecule has 0 aliphatic carbocycles. The average Bonchev–Trinajstić information content (AvgIpc) is 1.93. The van der Waals surface area contributed by atoms with Gasteiger partial charge < -0.3 is 9.30 Å². The minimum absolute atomic E-state index is 0.322. The van der Waals surface area contributed by atoms with Crippen LogP contribution in [0.3, 0.4) is 0 Å². The summed E-state index contributed by atoms with van der Waals surface area (Å²) >= 11 is 0. The third-order valence-electron chi connectivity index (χ3n) is 1.99. The predicted octanol–water partition coefficient (Wildman–Crippen LogP) is 3.12. The molecule has 0 spiro atoms. The highest BCUT2D eigenvalue weighted by Gasteiger charge is 2.33. The predicted molar refractivity (Wildman–Crippen MR) is 64.0 cm³/mol. The van der Waals surface area contributed by atoms with Gasteiger partial charge in [-0.05, 0) is 40.5 Å². The molecule has 0 aromatic carbocycles. The van der Waals surface area contributed by atoms with Crippen LogP contribution in [0.25, 0.3) is 0 Å². The molecule has 0 aromatic heterocycles. The molecular weight excluding hydrogens is 211 g/mol. The first-order valence-electron chi connectivity index (χ1n) is 5.35. The lowest BCUT2D eigenvalue weighted by Gasteiger charge is -2.25. The summed E-state index contributed by atoms with van der Waals surface area (Å²) in [5.74, 6) is -0.322. The fraction of sp³-hybridized carbons (Fsp3) is 0.909. The van der Waals surface area contributed by atoms with Crippen LogP contribution in [0.1, 0.15) is 40.5 Å². The summed E-state index contributed by atoms with van der Waals surface area (Å²) in [6, 6.07) is 0. The largest absolute Gasteiger partial charge is 0.459 e. The van der Waals surface area contributed by atoms with Crippen LogP contribution in [0.2, 0.25) is 0 Å². The van der Waals surface area contributed by atoms with Gasteiger partial charge in [0.05, 0.1) is 7.14 Å². The number of rotatable bonds is 4. The topological polar surface area (TPSA) is 43.4 Å². The van der Waals surface area contributed by atoms with Gasteiger partial charge in [-0.3, -0.25) is 4.79 Å². The molecule has 1 atom stereocenters. The van der Waals surface area contributed by atoms with Gasteiger partial charge >= 0.3 is 5.97 Å². The minimum atomic E-state index is -2.41. The van der Waals surface area contributed by atoms with Crippen molar-refractivity contribution in [1.29, 1.82) is 0 Å². The maximum atomic E-state index is 11.9. The molecule has 0 amide bonds. The Labute approximate surface area is 93.0 Å². The molecule has 4 heteroatoms. The Morgan fingerprint density at radius 2 is 1.80 bits per heavy atom. The van der Waals surface area contributed by atoms with Crippen molar-refractivity contribution in [3.63, 3.8) is 0 Å². The van der Waals surface area contributed by atoms with Gasteiger partial charge in [0.25, 0.3) is 0 Å². The van der Waals surface area contributed by atoms with Crippen LogP contribution in [-0.2, 0) is 14.1 Å². The second kappa shape index (κ2) is 5.16. The lowest BCUT2D eigenvalue weighted by atomic mass is 10.2. The van der Waals surface area contributed by atoms with E-state index < -0.39 is 18.4 Å². The maximum absolute atomic E-state index is 11.9. The van der Waals surface area contributed by atoms with E-state index in [9.17, 15) is 9.36 Å².